The molecular formula is C18H21Cl2N3O. The number of para-hydroxylation sites is 1. The zero-order valence-corrected chi connectivity index (χ0v) is 15.0. The van der Waals surface area contributed by atoms with E-state index in [-0.39, 0.29) is 24.4 Å². The van der Waals surface area contributed by atoms with Gasteiger partial charge in [-0.25, -0.2) is 0 Å². The number of nitrogen functional groups attached to an aromatic ring is 1. The first-order valence-corrected chi connectivity index (χ1v) is 8.15. The number of nitrogens with one attached hydrogen (secondary N) is 1. The lowest BCUT2D eigenvalue weighted by Crippen LogP contribution is -2.44. The topological polar surface area (TPSA) is 58.4 Å². The van der Waals surface area contributed by atoms with Crippen molar-refractivity contribution in [2.24, 2.45) is 0 Å². The summed E-state index contributed by atoms with van der Waals surface area (Å²) in [6.45, 7) is 2.75. The Morgan fingerprint density at radius 2 is 2.00 bits per heavy atom. The molecule has 1 heterocycles. The molecule has 0 radical (unpaired) electrons. The highest BCUT2D eigenvalue weighted by molar-refractivity contribution is 6.33. The van der Waals surface area contributed by atoms with Gasteiger partial charge in [0.05, 0.1) is 10.7 Å². The van der Waals surface area contributed by atoms with E-state index < -0.39 is 0 Å². The Morgan fingerprint density at radius 3 is 2.75 bits per heavy atom. The average molecular weight is 366 g/mol. The highest BCUT2D eigenvalue weighted by Crippen LogP contribution is 2.33. The average Bonchev–Trinajstić information content (AvgIpc) is 2.56. The van der Waals surface area contributed by atoms with Crippen LogP contribution >= 0.6 is 24.0 Å². The summed E-state index contributed by atoms with van der Waals surface area (Å²) in [4.78, 5) is 14.7. The third-order valence-electron chi connectivity index (χ3n) is 4.30. The number of carbonyl (C=O) groups excluding carboxylic acids is 1. The Morgan fingerprint density at radius 1 is 1.25 bits per heavy atom. The molecular weight excluding hydrogens is 345 g/mol. The first kappa shape index (κ1) is 18.4. The monoisotopic (exact) mass is 365 g/mol. The molecule has 3 N–H and O–H groups in total. The fraction of sp³-hybridized carbons (Fsp3) is 0.278. The quantitative estimate of drug-likeness (QED) is 0.804. The van der Waals surface area contributed by atoms with Gasteiger partial charge >= 0.3 is 0 Å². The number of nitrogens with two attached hydrogens (primary N) is 1. The molecule has 3 rings (SSSR count). The summed E-state index contributed by atoms with van der Waals surface area (Å²) in [5.41, 5.74) is 9.70. The van der Waals surface area contributed by atoms with E-state index in [1.54, 1.807) is 12.1 Å². The van der Waals surface area contributed by atoms with E-state index in [0.29, 0.717) is 10.7 Å². The number of hydrogen-bond acceptors (Lipinski definition) is 3. The second kappa shape index (κ2) is 7.77. The van der Waals surface area contributed by atoms with Gasteiger partial charge in [0.2, 0.25) is 5.91 Å². The van der Waals surface area contributed by atoms with E-state index in [1.165, 1.54) is 0 Å². The molecule has 0 spiro atoms. The summed E-state index contributed by atoms with van der Waals surface area (Å²) in [6.07, 6.45) is 1.95. The second-order valence-electron chi connectivity index (χ2n) is 5.79. The van der Waals surface area contributed by atoms with Crippen molar-refractivity contribution >= 4 is 47.0 Å². The minimum Gasteiger partial charge on any atom is -0.398 e. The van der Waals surface area contributed by atoms with E-state index >= 15 is 0 Å². The normalized spacial score (nSPS) is 14.3. The summed E-state index contributed by atoms with van der Waals surface area (Å²) in [5.74, 6) is -0.0756. The molecule has 2 aromatic carbocycles. The van der Waals surface area contributed by atoms with Gasteiger partial charge in [0.1, 0.15) is 6.04 Å². The van der Waals surface area contributed by atoms with Crippen molar-refractivity contribution in [2.45, 2.75) is 25.8 Å². The van der Waals surface area contributed by atoms with Crippen molar-refractivity contribution in [1.29, 1.82) is 0 Å². The van der Waals surface area contributed by atoms with Crippen LogP contribution in [0, 0.1) is 0 Å². The lowest BCUT2D eigenvalue weighted by atomic mass is 9.98. The first-order valence-electron chi connectivity index (χ1n) is 7.77. The van der Waals surface area contributed by atoms with E-state index in [0.717, 1.165) is 36.3 Å². The number of halogens is 2. The van der Waals surface area contributed by atoms with Crippen LogP contribution in [0.3, 0.4) is 0 Å². The maximum absolute atomic E-state index is 12.6. The van der Waals surface area contributed by atoms with Gasteiger partial charge < -0.3 is 16.0 Å². The largest absolute Gasteiger partial charge is 0.398 e. The molecule has 1 aliphatic heterocycles. The molecule has 1 atom stereocenters. The van der Waals surface area contributed by atoms with Gasteiger partial charge in [0, 0.05) is 17.9 Å². The molecule has 128 valence electrons. The fourth-order valence-corrected chi connectivity index (χ4v) is 3.21. The van der Waals surface area contributed by atoms with Gasteiger partial charge in [-0.2, -0.15) is 0 Å². The number of benzene rings is 2. The lowest BCUT2D eigenvalue weighted by Gasteiger charge is -2.36. The van der Waals surface area contributed by atoms with Crippen molar-refractivity contribution in [1.82, 2.24) is 0 Å². The SMILES string of the molecule is CC(C(=O)Nc1ccccc1Cl)N1CCCc2c(N)cccc21.Cl. The summed E-state index contributed by atoms with van der Waals surface area (Å²) in [5, 5.41) is 3.45. The number of amides is 1. The van der Waals surface area contributed by atoms with Crippen LogP contribution < -0.4 is 16.0 Å². The number of anilines is 3. The van der Waals surface area contributed by atoms with Crippen molar-refractivity contribution in [2.75, 3.05) is 22.5 Å². The molecule has 2 aromatic rings. The number of nitrogens with zero attached hydrogens (tertiary/aromatic N) is 1. The number of hydrogen-bond donors (Lipinski definition) is 2. The predicted octanol–water partition coefficient (Wildman–Crippen LogP) is 4.12. The van der Waals surface area contributed by atoms with Gasteiger partial charge in [-0.15, -0.1) is 12.4 Å². The molecule has 1 amide bonds. The molecule has 6 heteroatoms. The van der Waals surface area contributed by atoms with Gasteiger partial charge in [0.15, 0.2) is 0 Å². The van der Waals surface area contributed by atoms with Crippen molar-refractivity contribution in [3.05, 3.63) is 53.1 Å². The molecule has 0 aliphatic carbocycles. The third-order valence-corrected chi connectivity index (χ3v) is 4.63. The molecule has 4 nitrogen and oxygen atoms in total. The minimum absolute atomic E-state index is 0. The van der Waals surface area contributed by atoms with Crippen LogP contribution in [0.15, 0.2) is 42.5 Å². The number of carbonyl (C=O) groups is 1. The highest BCUT2D eigenvalue weighted by Gasteiger charge is 2.27. The number of rotatable bonds is 3. The second-order valence-corrected chi connectivity index (χ2v) is 6.19. The maximum atomic E-state index is 12.6. The van der Waals surface area contributed by atoms with Crippen LogP contribution in [-0.2, 0) is 11.2 Å². The Bertz CT molecular complexity index is 736. The highest BCUT2D eigenvalue weighted by atomic mass is 35.5. The van der Waals surface area contributed by atoms with Crippen LogP contribution in [-0.4, -0.2) is 18.5 Å². The summed E-state index contributed by atoms with van der Waals surface area (Å²) in [6, 6.07) is 12.8. The molecule has 0 saturated heterocycles. The molecule has 1 aliphatic rings. The maximum Gasteiger partial charge on any atom is 0.246 e. The van der Waals surface area contributed by atoms with Gasteiger partial charge in [0.25, 0.3) is 0 Å². The third kappa shape index (κ3) is 3.60. The van der Waals surface area contributed by atoms with E-state index in [2.05, 4.69) is 10.2 Å². The standard InChI is InChI=1S/C18H20ClN3O.ClH/c1-12(18(23)21-16-9-3-2-7-14(16)19)22-11-5-6-13-15(20)8-4-10-17(13)22;/h2-4,7-10,12H,5-6,11,20H2,1H3,(H,21,23);1H. The summed E-state index contributed by atoms with van der Waals surface area (Å²) in [7, 11) is 0. The summed E-state index contributed by atoms with van der Waals surface area (Å²) < 4.78 is 0. The first-order chi connectivity index (χ1) is 11.1. The van der Waals surface area contributed by atoms with Crippen LogP contribution in [0.1, 0.15) is 18.9 Å². The van der Waals surface area contributed by atoms with Crippen LogP contribution in [0.2, 0.25) is 5.02 Å². The van der Waals surface area contributed by atoms with E-state index in [9.17, 15) is 4.79 Å². The van der Waals surface area contributed by atoms with Crippen LogP contribution in [0.5, 0.6) is 0 Å². The fourth-order valence-electron chi connectivity index (χ4n) is 3.02. The Labute approximate surface area is 153 Å². The Balaban J connectivity index is 0.00000208. The van der Waals surface area contributed by atoms with Crippen molar-refractivity contribution < 1.29 is 4.79 Å². The predicted molar refractivity (Wildman–Crippen MR) is 103 cm³/mol. The van der Waals surface area contributed by atoms with Gasteiger partial charge in [-0.05, 0) is 49.6 Å². The van der Waals surface area contributed by atoms with E-state index in [4.69, 9.17) is 17.3 Å². The molecule has 0 bridgehead atoms. The smallest absolute Gasteiger partial charge is 0.246 e. The van der Waals surface area contributed by atoms with Crippen LogP contribution in [0.25, 0.3) is 0 Å². The van der Waals surface area contributed by atoms with Gasteiger partial charge in [-0.3, -0.25) is 4.79 Å². The lowest BCUT2D eigenvalue weighted by molar-refractivity contribution is -0.117. The minimum atomic E-state index is -0.299. The molecule has 0 fully saturated rings. The molecule has 0 saturated carbocycles. The van der Waals surface area contributed by atoms with E-state index in [1.807, 2.05) is 37.3 Å². The zero-order chi connectivity index (χ0) is 16.4. The zero-order valence-electron chi connectivity index (χ0n) is 13.5. The summed E-state index contributed by atoms with van der Waals surface area (Å²) >= 11 is 6.12. The van der Waals surface area contributed by atoms with Gasteiger partial charge in [-0.1, -0.05) is 29.8 Å². The van der Waals surface area contributed by atoms with Crippen molar-refractivity contribution in [3.63, 3.8) is 0 Å². The Kier molecular flexibility index (Phi) is 5.97. The molecule has 0 aromatic heterocycles. The van der Waals surface area contributed by atoms with Crippen molar-refractivity contribution in [3.8, 4) is 0 Å². The van der Waals surface area contributed by atoms with Crippen LogP contribution in [0.4, 0.5) is 17.1 Å². The molecule has 24 heavy (non-hydrogen) atoms. The number of fused-ring (bicyclic) bond motifs is 1. The Hall–Kier alpha value is -1.91. The molecule has 1 unspecified atom stereocenters.